The van der Waals surface area contributed by atoms with E-state index in [2.05, 4.69) is 46.2 Å². The quantitative estimate of drug-likeness (QED) is 0.293. The fraction of sp³-hybridized carbons (Fsp3) is 0.667. The van der Waals surface area contributed by atoms with E-state index in [0.29, 0.717) is 19.0 Å². The maximum absolute atomic E-state index is 4.57. The number of halogens is 1. The van der Waals surface area contributed by atoms with Crippen LogP contribution in [0, 0.1) is 12.8 Å². The average Bonchev–Trinajstić information content (AvgIpc) is 2.81. The third kappa shape index (κ3) is 6.76. The Bertz CT molecular complexity index is 465. The van der Waals surface area contributed by atoms with E-state index in [1.807, 2.05) is 24.6 Å². The lowest BCUT2D eigenvalue weighted by Crippen LogP contribution is -2.39. The smallest absolute Gasteiger partial charge is 0.191 e. The van der Waals surface area contributed by atoms with Crippen LogP contribution in [0.15, 0.2) is 17.6 Å². The molecule has 126 valence electrons. The topological polar surface area (TPSA) is 67.1 Å². The number of nitrogens with zero attached hydrogens (tertiary/aromatic N) is 4. The molecule has 0 aliphatic rings. The van der Waals surface area contributed by atoms with Crippen molar-refractivity contribution in [1.82, 2.24) is 25.4 Å². The summed E-state index contributed by atoms with van der Waals surface area (Å²) in [5.74, 6) is 3.21. The Morgan fingerprint density at radius 3 is 2.50 bits per heavy atom. The largest absolute Gasteiger partial charge is 0.356 e. The van der Waals surface area contributed by atoms with Crippen LogP contribution in [0.3, 0.4) is 0 Å². The summed E-state index contributed by atoms with van der Waals surface area (Å²) in [5.41, 5.74) is 0. The highest BCUT2D eigenvalue weighted by Crippen LogP contribution is 2.05. The van der Waals surface area contributed by atoms with Crippen molar-refractivity contribution in [2.45, 2.75) is 40.2 Å². The maximum atomic E-state index is 4.57. The summed E-state index contributed by atoms with van der Waals surface area (Å²) in [6, 6.07) is 0. The van der Waals surface area contributed by atoms with Gasteiger partial charge in [0.1, 0.15) is 12.4 Å². The van der Waals surface area contributed by atoms with E-state index in [0.717, 1.165) is 24.2 Å². The lowest BCUT2D eigenvalue weighted by molar-refractivity contribution is 0.481. The Balaban J connectivity index is 0.00000441. The first-order valence-electron chi connectivity index (χ1n) is 7.60. The number of hydrogen-bond acceptors (Lipinski definition) is 3. The fourth-order valence-electron chi connectivity index (χ4n) is 1.90. The molecule has 1 aromatic heterocycles. The number of guanidine groups is 1. The molecule has 0 amide bonds. The molecule has 0 unspecified atom stereocenters. The number of hydrogen-bond donors (Lipinski definition) is 2. The van der Waals surface area contributed by atoms with Gasteiger partial charge in [0.15, 0.2) is 11.8 Å². The van der Waals surface area contributed by atoms with Crippen molar-refractivity contribution < 1.29 is 0 Å². The first-order chi connectivity index (χ1) is 10.1. The van der Waals surface area contributed by atoms with Crippen molar-refractivity contribution in [2.24, 2.45) is 18.0 Å². The normalized spacial score (nSPS) is 11.2. The molecule has 0 saturated heterocycles. The van der Waals surface area contributed by atoms with Gasteiger partial charge in [-0.15, -0.1) is 40.8 Å². The van der Waals surface area contributed by atoms with Crippen LogP contribution >= 0.6 is 24.0 Å². The van der Waals surface area contributed by atoms with Gasteiger partial charge >= 0.3 is 0 Å². The molecule has 0 aliphatic carbocycles. The Kier molecular flexibility index (Phi) is 10.9. The maximum Gasteiger partial charge on any atom is 0.191 e. The molecule has 22 heavy (non-hydrogen) atoms. The monoisotopic (exact) mass is 420 g/mol. The summed E-state index contributed by atoms with van der Waals surface area (Å²) in [6.45, 7) is 12.2. The molecule has 0 aliphatic heterocycles. The number of aryl methyl sites for hydroxylation is 1. The van der Waals surface area contributed by atoms with Gasteiger partial charge < -0.3 is 15.2 Å². The second-order valence-electron chi connectivity index (χ2n) is 5.12. The third-order valence-corrected chi connectivity index (χ3v) is 3.69. The van der Waals surface area contributed by atoms with Gasteiger partial charge in [-0.1, -0.05) is 32.8 Å². The summed E-state index contributed by atoms with van der Waals surface area (Å²) < 4.78 is 1.95. The average molecular weight is 420 g/mol. The van der Waals surface area contributed by atoms with Crippen molar-refractivity contribution in [1.29, 1.82) is 0 Å². The molecule has 0 saturated carbocycles. The molecule has 1 rings (SSSR count). The first-order valence-corrected chi connectivity index (χ1v) is 7.60. The van der Waals surface area contributed by atoms with Crippen LogP contribution < -0.4 is 10.6 Å². The highest BCUT2D eigenvalue weighted by atomic mass is 127. The Morgan fingerprint density at radius 1 is 1.32 bits per heavy atom. The summed E-state index contributed by atoms with van der Waals surface area (Å²) in [5, 5.41) is 14.8. The third-order valence-electron chi connectivity index (χ3n) is 3.69. The van der Waals surface area contributed by atoms with Gasteiger partial charge in [0.05, 0.1) is 0 Å². The highest BCUT2D eigenvalue weighted by molar-refractivity contribution is 14.0. The molecular formula is C15H29IN6. The zero-order valence-corrected chi connectivity index (χ0v) is 16.4. The second-order valence-corrected chi connectivity index (χ2v) is 5.12. The first kappa shape index (κ1) is 20.9. The van der Waals surface area contributed by atoms with E-state index < -0.39 is 0 Å². The van der Waals surface area contributed by atoms with Crippen molar-refractivity contribution in [3.05, 3.63) is 24.3 Å². The van der Waals surface area contributed by atoms with Gasteiger partial charge in [-0.25, -0.2) is 4.99 Å². The number of rotatable bonds is 8. The number of nitrogens with one attached hydrogen (secondary N) is 2. The van der Waals surface area contributed by atoms with E-state index in [1.54, 1.807) is 0 Å². The van der Waals surface area contributed by atoms with Crippen LogP contribution in [0.25, 0.3) is 0 Å². The van der Waals surface area contributed by atoms with Gasteiger partial charge in [0.25, 0.3) is 0 Å². The van der Waals surface area contributed by atoms with Crippen LogP contribution in [0.1, 0.15) is 38.3 Å². The van der Waals surface area contributed by atoms with Crippen molar-refractivity contribution in [3.8, 4) is 0 Å². The molecule has 0 spiro atoms. The molecule has 6 nitrogen and oxygen atoms in total. The van der Waals surface area contributed by atoms with Crippen LogP contribution in [-0.4, -0.2) is 33.8 Å². The molecule has 0 aromatic carbocycles. The Hall–Kier alpha value is -1.12. The number of aliphatic imine (C=N–C) groups is 1. The predicted octanol–water partition coefficient (Wildman–Crippen LogP) is 2.40. The predicted molar refractivity (Wildman–Crippen MR) is 103 cm³/mol. The second kappa shape index (κ2) is 11.4. The molecule has 0 fully saturated rings. The summed E-state index contributed by atoms with van der Waals surface area (Å²) in [6.07, 6.45) is 4.15. The molecular weight excluding hydrogens is 391 g/mol. The summed E-state index contributed by atoms with van der Waals surface area (Å²) in [4.78, 5) is 4.57. The molecule has 0 bridgehead atoms. The van der Waals surface area contributed by atoms with Crippen LogP contribution in [0.4, 0.5) is 0 Å². The Labute approximate surface area is 150 Å². The van der Waals surface area contributed by atoms with E-state index in [9.17, 15) is 0 Å². The van der Waals surface area contributed by atoms with Crippen LogP contribution in [-0.2, 0) is 13.6 Å². The van der Waals surface area contributed by atoms with Gasteiger partial charge in [-0.2, -0.15) is 0 Å². The zero-order chi connectivity index (χ0) is 15.7. The minimum atomic E-state index is 0. The lowest BCUT2D eigenvalue weighted by Gasteiger charge is -2.16. The molecule has 1 heterocycles. The summed E-state index contributed by atoms with van der Waals surface area (Å²) in [7, 11) is 1.95. The van der Waals surface area contributed by atoms with Crippen LogP contribution in [0.2, 0.25) is 0 Å². The van der Waals surface area contributed by atoms with Crippen molar-refractivity contribution in [2.75, 3.05) is 13.1 Å². The summed E-state index contributed by atoms with van der Waals surface area (Å²) >= 11 is 0. The van der Waals surface area contributed by atoms with E-state index >= 15 is 0 Å². The zero-order valence-electron chi connectivity index (χ0n) is 14.1. The minimum Gasteiger partial charge on any atom is -0.356 e. The van der Waals surface area contributed by atoms with Gasteiger partial charge in [-0.05, 0) is 12.8 Å². The lowest BCUT2D eigenvalue weighted by atomic mass is 10.0. The van der Waals surface area contributed by atoms with E-state index in [4.69, 9.17) is 0 Å². The van der Waals surface area contributed by atoms with Crippen LogP contribution in [0.5, 0.6) is 0 Å². The van der Waals surface area contributed by atoms with Crippen molar-refractivity contribution in [3.63, 3.8) is 0 Å². The van der Waals surface area contributed by atoms with Gasteiger partial charge in [0, 0.05) is 20.1 Å². The van der Waals surface area contributed by atoms with E-state index in [-0.39, 0.29) is 24.0 Å². The molecule has 0 atom stereocenters. The van der Waals surface area contributed by atoms with E-state index in [1.165, 1.54) is 12.8 Å². The minimum absolute atomic E-state index is 0. The molecule has 0 radical (unpaired) electrons. The number of aromatic nitrogens is 3. The highest BCUT2D eigenvalue weighted by Gasteiger charge is 2.07. The molecule has 7 heteroatoms. The standard InChI is InChI=1S/C15H28N6.HI/c1-6-9-16-15(17-10-13(7-2)8-3)18-11-14-20-19-12(4)21(14)5;/h6,13H,1,7-11H2,2-5H3,(H2,16,17,18);1H. The molecule has 2 N–H and O–H groups in total. The SMILES string of the molecule is C=CCNC(=NCc1nnc(C)n1C)NCC(CC)CC.I. The van der Waals surface area contributed by atoms with Gasteiger partial charge in [0.2, 0.25) is 0 Å². The molecule has 1 aromatic rings. The van der Waals surface area contributed by atoms with Gasteiger partial charge in [-0.3, -0.25) is 0 Å². The Morgan fingerprint density at radius 2 is 2.00 bits per heavy atom. The fourth-order valence-corrected chi connectivity index (χ4v) is 1.90. The van der Waals surface area contributed by atoms with Crippen molar-refractivity contribution >= 4 is 29.9 Å².